The molecule has 1 saturated heterocycles. The third-order valence-corrected chi connectivity index (χ3v) is 4.61. The Morgan fingerprint density at radius 2 is 2.33 bits per heavy atom. The van der Waals surface area contributed by atoms with Crippen molar-refractivity contribution in [3.8, 4) is 10.4 Å². The van der Waals surface area contributed by atoms with Gasteiger partial charge in [0.25, 0.3) is 0 Å². The van der Waals surface area contributed by atoms with Gasteiger partial charge in [0.15, 0.2) is 5.13 Å². The van der Waals surface area contributed by atoms with Crippen molar-refractivity contribution in [2.45, 2.75) is 19.8 Å². The first kappa shape index (κ1) is 14.2. The lowest BCUT2D eigenvalue weighted by Gasteiger charge is -2.06. The van der Waals surface area contributed by atoms with Crippen LogP contribution in [-0.4, -0.2) is 24.1 Å². The van der Waals surface area contributed by atoms with Gasteiger partial charge in [-0.25, -0.2) is 4.98 Å². The van der Waals surface area contributed by atoms with Gasteiger partial charge < -0.3 is 10.1 Å². The molecule has 0 radical (unpaired) electrons. The van der Waals surface area contributed by atoms with E-state index >= 15 is 0 Å². The van der Waals surface area contributed by atoms with E-state index in [4.69, 9.17) is 4.74 Å². The summed E-state index contributed by atoms with van der Waals surface area (Å²) < 4.78 is 5.29. The summed E-state index contributed by atoms with van der Waals surface area (Å²) in [5.74, 6) is 0.372. The number of aryl methyl sites for hydroxylation is 1. The Morgan fingerprint density at radius 3 is 3.10 bits per heavy atom. The maximum atomic E-state index is 12.0. The van der Waals surface area contributed by atoms with Gasteiger partial charge in [0.2, 0.25) is 5.91 Å². The molecule has 0 aliphatic carbocycles. The molecular formula is C16H18N2O2S. The Hall–Kier alpha value is -1.72. The van der Waals surface area contributed by atoms with Gasteiger partial charge in [0.1, 0.15) is 0 Å². The number of aromatic nitrogens is 1. The van der Waals surface area contributed by atoms with E-state index in [2.05, 4.69) is 29.4 Å². The maximum absolute atomic E-state index is 12.0. The fourth-order valence-electron chi connectivity index (χ4n) is 2.48. The van der Waals surface area contributed by atoms with Gasteiger partial charge in [-0.05, 0) is 30.4 Å². The van der Waals surface area contributed by atoms with E-state index in [1.54, 1.807) is 0 Å². The average molecular weight is 302 g/mol. The van der Waals surface area contributed by atoms with Crippen molar-refractivity contribution in [3.05, 3.63) is 36.0 Å². The second-order valence-electron chi connectivity index (χ2n) is 5.33. The SMILES string of the molecule is Cc1ccccc1-c1cnc(NC(=O)CC2CCOC2)s1. The zero-order chi connectivity index (χ0) is 14.7. The van der Waals surface area contributed by atoms with Gasteiger partial charge in [-0.1, -0.05) is 35.6 Å². The molecule has 4 nitrogen and oxygen atoms in total. The van der Waals surface area contributed by atoms with E-state index in [9.17, 15) is 4.79 Å². The highest BCUT2D eigenvalue weighted by atomic mass is 32.1. The van der Waals surface area contributed by atoms with Crippen LogP contribution in [0.3, 0.4) is 0 Å². The molecule has 1 unspecified atom stereocenters. The second kappa shape index (κ2) is 6.37. The summed E-state index contributed by atoms with van der Waals surface area (Å²) in [4.78, 5) is 17.4. The third kappa shape index (κ3) is 3.49. The van der Waals surface area contributed by atoms with Crippen LogP contribution < -0.4 is 5.32 Å². The molecular weight excluding hydrogens is 284 g/mol. The third-order valence-electron chi connectivity index (χ3n) is 3.66. The molecule has 1 N–H and O–H groups in total. The number of thiazole rings is 1. The lowest BCUT2D eigenvalue weighted by molar-refractivity contribution is -0.117. The fraction of sp³-hybridized carbons (Fsp3) is 0.375. The lowest BCUT2D eigenvalue weighted by Crippen LogP contribution is -2.16. The van der Waals surface area contributed by atoms with Crippen LogP contribution in [0.2, 0.25) is 0 Å². The molecule has 1 fully saturated rings. The summed E-state index contributed by atoms with van der Waals surface area (Å²) in [6.45, 7) is 3.54. The first-order chi connectivity index (χ1) is 10.2. The van der Waals surface area contributed by atoms with E-state index in [0.717, 1.165) is 17.9 Å². The first-order valence-corrected chi connectivity index (χ1v) is 7.93. The van der Waals surface area contributed by atoms with Crippen LogP contribution in [0.4, 0.5) is 5.13 Å². The smallest absolute Gasteiger partial charge is 0.226 e. The van der Waals surface area contributed by atoms with Crippen molar-refractivity contribution < 1.29 is 9.53 Å². The summed E-state index contributed by atoms with van der Waals surface area (Å²) in [5, 5.41) is 3.56. The average Bonchev–Trinajstić information content (AvgIpc) is 3.11. The molecule has 21 heavy (non-hydrogen) atoms. The highest BCUT2D eigenvalue weighted by Crippen LogP contribution is 2.31. The van der Waals surface area contributed by atoms with Crippen molar-refractivity contribution in [3.63, 3.8) is 0 Å². The molecule has 0 bridgehead atoms. The molecule has 110 valence electrons. The number of amides is 1. The predicted molar refractivity (Wildman–Crippen MR) is 84.5 cm³/mol. The van der Waals surface area contributed by atoms with E-state index in [1.807, 2.05) is 18.3 Å². The predicted octanol–water partition coefficient (Wildman–Crippen LogP) is 3.48. The summed E-state index contributed by atoms with van der Waals surface area (Å²) >= 11 is 1.51. The van der Waals surface area contributed by atoms with Gasteiger partial charge in [0.05, 0.1) is 4.88 Å². The highest BCUT2D eigenvalue weighted by Gasteiger charge is 2.19. The Labute approximate surface area is 128 Å². The van der Waals surface area contributed by atoms with Crippen LogP contribution in [0.25, 0.3) is 10.4 Å². The molecule has 0 saturated carbocycles. The van der Waals surface area contributed by atoms with Gasteiger partial charge in [-0.2, -0.15) is 0 Å². The maximum Gasteiger partial charge on any atom is 0.226 e. The van der Waals surface area contributed by atoms with Crippen LogP contribution >= 0.6 is 11.3 Å². The minimum Gasteiger partial charge on any atom is -0.381 e. The van der Waals surface area contributed by atoms with Crippen LogP contribution in [0, 0.1) is 12.8 Å². The van der Waals surface area contributed by atoms with Crippen molar-refractivity contribution in [1.29, 1.82) is 0 Å². The van der Waals surface area contributed by atoms with Crippen molar-refractivity contribution in [1.82, 2.24) is 4.98 Å². The topological polar surface area (TPSA) is 51.2 Å². The number of carbonyl (C=O) groups is 1. The minimum absolute atomic E-state index is 0.0242. The zero-order valence-corrected chi connectivity index (χ0v) is 12.8. The largest absolute Gasteiger partial charge is 0.381 e. The normalized spacial score (nSPS) is 17.9. The summed E-state index contributed by atoms with van der Waals surface area (Å²) in [6.07, 6.45) is 3.31. The summed E-state index contributed by atoms with van der Waals surface area (Å²) in [7, 11) is 0. The molecule has 1 aromatic carbocycles. The summed E-state index contributed by atoms with van der Waals surface area (Å²) in [6, 6.07) is 8.18. The molecule has 2 heterocycles. The number of anilines is 1. The van der Waals surface area contributed by atoms with Crippen LogP contribution in [-0.2, 0) is 9.53 Å². The van der Waals surface area contributed by atoms with Crippen LogP contribution in [0.1, 0.15) is 18.4 Å². The quantitative estimate of drug-likeness (QED) is 0.940. The number of nitrogens with zero attached hydrogens (tertiary/aromatic N) is 1. The van der Waals surface area contributed by atoms with Gasteiger partial charge in [-0.3, -0.25) is 4.79 Å². The number of hydrogen-bond donors (Lipinski definition) is 1. The standard InChI is InChI=1S/C16H18N2O2S/c1-11-4-2-3-5-13(11)14-9-17-16(21-14)18-15(19)8-12-6-7-20-10-12/h2-5,9,12H,6-8,10H2,1H3,(H,17,18,19). The molecule has 1 atom stereocenters. The molecule has 1 aliphatic rings. The Bertz CT molecular complexity index is 633. The van der Waals surface area contributed by atoms with Crippen LogP contribution in [0.15, 0.2) is 30.5 Å². The van der Waals surface area contributed by atoms with Crippen LogP contribution in [0.5, 0.6) is 0 Å². The Morgan fingerprint density at radius 1 is 1.48 bits per heavy atom. The van der Waals surface area contributed by atoms with E-state index in [1.165, 1.54) is 22.5 Å². The number of nitrogens with one attached hydrogen (secondary N) is 1. The van der Waals surface area contributed by atoms with Gasteiger partial charge in [-0.15, -0.1) is 0 Å². The van der Waals surface area contributed by atoms with Gasteiger partial charge >= 0.3 is 0 Å². The Kier molecular flexibility index (Phi) is 4.31. The van der Waals surface area contributed by atoms with Crippen molar-refractivity contribution >= 4 is 22.4 Å². The monoisotopic (exact) mass is 302 g/mol. The minimum atomic E-state index is 0.0242. The number of rotatable bonds is 4. The molecule has 3 rings (SSSR count). The molecule has 1 amide bonds. The number of benzene rings is 1. The van der Waals surface area contributed by atoms with E-state index in [0.29, 0.717) is 24.1 Å². The number of ether oxygens (including phenoxy) is 1. The van der Waals surface area contributed by atoms with Gasteiger partial charge in [0, 0.05) is 25.8 Å². The van der Waals surface area contributed by atoms with Crippen molar-refractivity contribution in [2.75, 3.05) is 18.5 Å². The van der Waals surface area contributed by atoms with E-state index < -0.39 is 0 Å². The summed E-state index contributed by atoms with van der Waals surface area (Å²) in [5.41, 5.74) is 2.38. The molecule has 0 spiro atoms. The lowest BCUT2D eigenvalue weighted by atomic mass is 10.1. The number of hydrogen-bond acceptors (Lipinski definition) is 4. The Balaban J connectivity index is 1.65. The zero-order valence-electron chi connectivity index (χ0n) is 12.0. The molecule has 1 aliphatic heterocycles. The molecule has 1 aromatic heterocycles. The molecule has 5 heteroatoms. The molecule has 2 aromatic rings. The number of carbonyl (C=O) groups excluding carboxylic acids is 1. The van der Waals surface area contributed by atoms with E-state index in [-0.39, 0.29) is 5.91 Å². The van der Waals surface area contributed by atoms with Crippen molar-refractivity contribution in [2.24, 2.45) is 5.92 Å². The second-order valence-corrected chi connectivity index (χ2v) is 6.36. The fourth-order valence-corrected chi connectivity index (χ4v) is 3.41. The highest BCUT2D eigenvalue weighted by molar-refractivity contribution is 7.19. The first-order valence-electron chi connectivity index (χ1n) is 7.12.